The van der Waals surface area contributed by atoms with E-state index in [1.807, 2.05) is 12.1 Å². The molecular weight excluding hydrogens is 588 g/mol. The maximum Gasteiger partial charge on any atom is 0.329 e. The molecule has 0 unspecified atom stereocenters. The first-order valence-electron chi connectivity index (χ1n) is 9.51. The summed E-state index contributed by atoms with van der Waals surface area (Å²) in [6, 6.07) is 9.73. The average molecular weight is 606 g/mol. The van der Waals surface area contributed by atoms with Crippen molar-refractivity contribution in [3.8, 4) is 5.75 Å². The van der Waals surface area contributed by atoms with Crippen LogP contribution in [0.15, 0.2) is 41.3 Å². The van der Waals surface area contributed by atoms with Crippen molar-refractivity contribution in [2.24, 2.45) is 0 Å². The van der Waals surface area contributed by atoms with Gasteiger partial charge in [-0.2, -0.15) is 0 Å². The number of thioether (sulfide) groups is 1. The van der Waals surface area contributed by atoms with Gasteiger partial charge in [0.05, 0.1) is 25.1 Å². The van der Waals surface area contributed by atoms with E-state index in [9.17, 15) is 14.4 Å². The molecule has 0 saturated carbocycles. The molecule has 2 aromatic rings. The second-order valence-corrected chi connectivity index (χ2v) is 9.68. The molecule has 2 amide bonds. The van der Waals surface area contributed by atoms with E-state index in [0.29, 0.717) is 22.4 Å². The lowest BCUT2D eigenvalue weighted by molar-refractivity contribution is -0.150. The lowest BCUT2D eigenvalue weighted by atomic mass is 10.2. The van der Waals surface area contributed by atoms with Crippen molar-refractivity contribution in [3.63, 3.8) is 0 Å². The Morgan fingerprint density at radius 1 is 1.19 bits per heavy atom. The van der Waals surface area contributed by atoms with Crippen LogP contribution in [0.5, 0.6) is 5.75 Å². The Labute approximate surface area is 213 Å². The molecule has 1 heterocycles. The van der Waals surface area contributed by atoms with Gasteiger partial charge in [-0.25, -0.2) is 4.79 Å². The van der Waals surface area contributed by atoms with Gasteiger partial charge < -0.3 is 9.47 Å². The Morgan fingerprint density at radius 3 is 2.59 bits per heavy atom. The first kappa shape index (κ1) is 24.9. The molecule has 3 rings (SSSR count). The fourth-order valence-electron chi connectivity index (χ4n) is 2.85. The highest BCUT2D eigenvalue weighted by molar-refractivity contribution is 14.1. The second-order valence-electron chi connectivity index (χ2n) is 6.71. The number of esters is 1. The summed E-state index contributed by atoms with van der Waals surface area (Å²) in [6.07, 6.45) is 1.62. The standard InChI is InChI=1S/C22H18Cl2INO5S/c1-3-30-21(28)12(2)26-20(27)19(32-22(26)29)10-13-5-7-18(17(25)9-13)31-11-14-4-6-15(23)16(24)8-14/h4-10,12H,3,11H2,1-2H3/b19-10+/t12-/m0/s1. The maximum atomic E-state index is 12.7. The van der Waals surface area contributed by atoms with Crippen LogP contribution >= 0.6 is 57.6 Å². The Balaban J connectivity index is 1.71. The zero-order chi connectivity index (χ0) is 23.4. The number of benzene rings is 2. The summed E-state index contributed by atoms with van der Waals surface area (Å²) in [4.78, 5) is 38.1. The number of carbonyl (C=O) groups is 3. The van der Waals surface area contributed by atoms with Crippen LogP contribution in [-0.4, -0.2) is 34.7 Å². The third-order valence-corrected chi connectivity index (χ3v) is 6.94. The Kier molecular flexibility index (Phi) is 8.49. The highest BCUT2D eigenvalue weighted by Crippen LogP contribution is 2.34. The monoisotopic (exact) mass is 605 g/mol. The summed E-state index contributed by atoms with van der Waals surface area (Å²) in [5, 5.41) is 0.442. The molecule has 0 aliphatic carbocycles. The van der Waals surface area contributed by atoms with E-state index in [1.165, 1.54) is 6.92 Å². The van der Waals surface area contributed by atoms with Crippen LogP contribution < -0.4 is 4.74 Å². The van der Waals surface area contributed by atoms with Gasteiger partial charge in [-0.3, -0.25) is 14.5 Å². The van der Waals surface area contributed by atoms with Gasteiger partial charge in [0.15, 0.2) is 0 Å². The Morgan fingerprint density at radius 2 is 1.94 bits per heavy atom. The third kappa shape index (κ3) is 5.78. The van der Waals surface area contributed by atoms with Crippen molar-refractivity contribution in [2.75, 3.05) is 6.61 Å². The molecule has 1 fully saturated rings. The zero-order valence-electron chi connectivity index (χ0n) is 17.1. The molecule has 1 aliphatic heterocycles. The zero-order valence-corrected chi connectivity index (χ0v) is 21.5. The number of nitrogens with zero attached hydrogens (tertiary/aromatic N) is 1. The lowest BCUT2D eigenvalue weighted by Gasteiger charge is -2.19. The van der Waals surface area contributed by atoms with Crippen molar-refractivity contribution in [3.05, 3.63) is 66.0 Å². The van der Waals surface area contributed by atoms with Crippen LogP contribution in [0.3, 0.4) is 0 Å². The van der Waals surface area contributed by atoms with E-state index >= 15 is 0 Å². The van der Waals surface area contributed by atoms with E-state index in [1.54, 1.807) is 37.3 Å². The van der Waals surface area contributed by atoms with E-state index in [2.05, 4.69) is 22.6 Å². The quantitative estimate of drug-likeness (QED) is 0.214. The number of ether oxygens (including phenoxy) is 2. The highest BCUT2D eigenvalue weighted by atomic mass is 127. The van der Waals surface area contributed by atoms with Crippen LogP contribution in [0.1, 0.15) is 25.0 Å². The van der Waals surface area contributed by atoms with Gasteiger partial charge in [0.1, 0.15) is 18.4 Å². The lowest BCUT2D eigenvalue weighted by Crippen LogP contribution is -2.42. The van der Waals surface area contributed by atoms with E-state index in [4.69, 9.17) is 32.7 Å². The number of hydrogen-bond acceptors (Lipinski definition) is 6. The van der Waals surface area contributed by atoms with Crippen LogP contribution in [0.2, 0.25) is 10.0 Å². The summed E-state index contributed by atoms with van der Waals surface area (Å²) in [5.74, 6) is -0.470. The minimum Gasteiger partial charge on any atom is -0.488 e. The summed E-state index contributed by atoms with van der Waals surface area (Å²) in [6.45, 7) is 3.63. The minimum absolute atomic E-state index is 0.174. The summed E-state index contributed by atoms with van der Waals surface area (Å²) < 4.78 is 11.6. The van der Waals surface area contributed by atoms with Gasteiger partial charge in [0.25, 0.3) is 11.1 Å². The first-order valence-corrected chi connectivity index (χ1v) is 12.2. The fraction of sp³-hybridized carbons (Fsp3) is 0.227. The molecular formula is C22H18Cl2INO5S. The van der Waals surface area contributed by atoms with Gasteiger partial charge in [-0.05, 0) is 89.7 Å². The highest BCUT2D eigenvalue weighted by Gasteiger charge is 2.41. The summed E-state index contributed by atoms with van der Waals surface area (Å²) >= 11 is 14.9. The molecule has 0 aromatic heterocycles. The van der Waals surface area contributed by atoms with E-state index in [-0.39, 0.29) is 11.5 Å². The smallest absolute Gasteiger partial charge is 0.329 e. The predicted octanol–water partition coefficient (Wildman–Crippen LogP) is 6.16. The van der Waals surface area contributed by atoms with E-state index < -0.39 is 23.2 Å². The first-order chi connectivity index (χ1) is 15.2. The van der Waals surface area contributed by atoms with Gasteiger partial charge in [-0.15, -0.1) is 0 Å². The molecule has 0 spiro atoms. The number of rotatable bonds is 7. The van der Waals surface area contributed by atoms with Gasteiger partial charge in [-0.1, -0.05) is 35.3 Å². The summed E-state index contributed by atoms with van der Waals surface area (Å²) in [5.41, 5.74) is 1.61. The molecule has 1 aliphatic rings. The number of imide groups is 1. The van der Waals surface area contributed by atoms with Crippen molar-refractivity contribution in [2.45, 2.75) is 26.5 Å². The molecule has 10 heteroatoms. The molecule has 0 bridgehead atoms. The molecule has 6 nitrogen and oxygen atoms in total. The fourth-order valence-corrected chi connectivity index (χ4v) is 4.77. The Bertz CT molecular complexity index is 1110. The predicted molar refractivity (Wildman–Crippen MR) is 134 cm³/mol. The van der Waals surface area contributed by atoms with Crippen molar-refractivity contribution < 1.29 is 23.9 Å². The molecule has 32 heavy (non-hydrogen) atoms. The van der Waals surface area contributed by atoms with Crippen LogP contribution in [0.4, 0.5) is 4.79 Å². The molecule has 2 aromatic carbocycles. The molecule has 168 valence electrons. The topological polar surface area (TPSA) is 72.9 Å². The summed E-state index contributed by atoms with van der Waals surface area (Å²) in [7, 11) is 0. The van der Waals surface area contributed by atoms with Gasteiger partial charge in [0.2, 0.25) is 0 Å². The van der Waals surface area contributed by atoms with Gasteiger partial charge >= 0.3 is 5.97 Å². The molecule has 0 radical (unpaired) electrons. The van der Waals surface area contributed by atoms with E-state index in [0.717, 1.165) is 31.4 Å². The van der Waals surface area contributed by atoms with Crippen LogP contribution in [0, 0.1) is 3.57 Å². The normalized spacial score (nSPS) is 15.9. The van der Waals surface area contributed by atoms with Gasteiger partial charge in [0, 0.05) is 0 Å². The van der Waals surface area contributed by atoms with Crippen LogP contribution in [-0.2, 0) is 20.9 Å². The second kappa shape index (κ2) is 10.9. The maximum absolute atomic E-state index is 12.7. The van der Waals surface area contributed by atoms with Crippen molar-refractivity contribution in [1.29, 1.82) is 0 Å². The number of amides is 2. The Hall–Kier alpha value is -1.75. The minimum atomic E-state index is -0.981. The SMILES string of the molecule is CCOC(=O)[C@H](C)N1C(=O)S/C(=C/c2ccc(OCc3ccc(Cl)c(Cl)c3)c(I)c2)C1=O. The number of hydrogen-bond donors (Lipinski definition) is 0. The average Bonchev–Trinajstić information content (AvgIpc) is 3.02. The number of carbonyl (C=O) groups excluding carboxylic acids is 3. The van der Waals surface area contributed by atoms with Crippen LogP contribution in [0.25, 0.3) is 6.08 Å². The van der Waals surface area contributed by atoms with Crippen molar-refractivity contribution >= 4 is 80.7 Å². The third-order valence-electron chi connectivity index (χ3n) is 4.47. The molecule has 1 atom stereocenters. The largest absolute Gasteiger partial charge is 0.488 e. The number of halogens is 3. The molecule has 1 saturated heterocycles. The molecule has 0 N–H and O–H groups in total. The van der Waals surface area contributed by atoms with Crippen molar-refractivity contribution in [1.82, 2.24) is 4.90 Å².